The van der Waals surface area contributed by atoms with Crippen molar-refractivity contribution in [3.8, 4) is 6.07 Å². The summed E-state index contributed by atoms with van der Waals surface area (Å²) in [5.74, 6) is -0.0574. The van der Waals surface area contributed by atoms with Gasteiger partial charge in [-0.2, -0.15) is 5.26 Å². The van der Waals surface area contributed by atoms with Crippen molar-refractivity contribution in [2.24, 2.45) is 5.92 Å². The molecule has 0 radical (unpaired) electrons. The Kier molecular flexibility index (Phi) is 6.90. The highest BCUT2D eigenvalue weighted by molar-refractivity contribution is 5.96. The minimum absolute atomic E-state index is 0.242. The van der Waals surface area contributed by atoms with Crippen molar-refractivity contribution in [2.45, 2.75) is 32.7 Å². The van der Waals surface area contributed by atoms with Crippen LogP contribution in [0.5, 0.6) is 0 Å². The van der Waals surface area contributed by atoms with E-state index in [1.54, 1.807) is 24.3 Å². The van der Waals surface area contributed by atoms with Crippen LogP contribution in [0.4, 0.5) is 10.5 Å². The Morgan fingerprint density at radius 1 is 1.27 bits per heavy atom. The second-order valence-corrected chi connectivity index (χ2v) is 5.34. The molecule has 6 heteroatoms. The molecule has 1 aromatic rings. The SMILES string of the molecule is COC(=O)NC(CC(C)C)C(=O)Nc1ccc(CC#N)cc1. The molecule has 0 saturated carbocycles. The monoisotopic (exact) mass is 303 g/mol. The molecule has 2 N–H and O–H groups in total. The number of hydrogen-bond acceptors (Lipinski definition) is 4. The molecule has 0 aliphatic heterocycles. The molecule has 1 rings (SSSR count). The lowest BCUT2D eigenvalue weighted by atomic mass is 10.0. The summed E-state index contributed by atoms with van der Waals surface area (Å²) in [6.45, 7) is 3.94. The summed E-state index contributed by atoms with van der Waals surface area (Å²) < 4.78 is 4.54. The van der Waals surface area contributed by atoms with Crippen molar-refractivity contribution in [1.82, 2.24) is 5.32 Å². The molecule has 0 heterocycles. The van der Waals surface area contributed by atoms with Gasteiger partial charge in [-0.25, -0.2) is 4.79 Å². The zero-order chi connectivity index (χ0) is 16.5. The van der Waals surface area contributed by atoms with E-state index < -0.39 is 12.1 Å². The van der Waals surface area contributed by atoms with Gasteiger partial charge in [0.1, 0.15) is 6.04 Å². The molecule has 1 atom stereocenters. The number of ether oxygens (including phenoxy) is 1. The van der Waals surface area contributed by atoms with Gasteiger partial charge in [-0.3, -0.25) is 4.79 Å². The quantitative estimate of drug-likeness (QED) is 0.844. The summed E-state index contributed by atoms with van der Waals surface area (Å²) in [6, 6.07) is 8.43. The highest BCUT2D eigenvalue weighted by atomic mass is 16.5. The first-order chi connectivity index (χ1) is 10.5. The van der Waals surface area contributed by atoms with E-state index in [0.717, 1.165) is 5.56 Å². The first kappa shape index (κ1) is 17.5. The van der Waals surface area contributed by atoms with Crippen LogP contribution in [0.25, 0.3) is 0 Å². The fraction of sp³-hybridized carbons (Fsp3) is 0.438. The summed E-state index contributed by atoms with van der Waals surface area (Å²) >= 11 is 0. The number of methoxy groups -OCH3 is 1. The van der Waals surface area contributed by atoms with Crippen molar-refractivity contribution < 1.29 is 14.3 Å². The fourth-order valence-corrected chi connectivity index (χ4v) is 1.93. The number of nitrogens with zero attached hydrogens (tertiary/aromatic N) is 1. The van der Waals surface area contributed by atoms with E-state index in [1.807, 2.05) is 13.8 Å². The van der Waals surface area contributed by atoms with Gasteiger partial charge in [0.15, 0.2) is 0 Å². The number of carbonyl (C=O) groups excluding carboxylic acids is 2. The topological polar surface area (TPSA) is 91.2 Å². The second-order valence-electron chi connectivity index (χ2n) is 5.34. The van der Waals surface area contributed by atoms with E-state index in [2.05, 4.69) is 21.4 Å². The first-order valence-electron chi connectivity index (χ1n) is 7.07. The van der Waals surface area contributed by atoms with Gasteiger partial charge in [-0.15, -0.1) is 0 Å². The van der Waals surface area contributed by atoms with Gasteiger partial charge in [-0.05, 0) is 30.0 Å². The number of amides is 2. The highest BCUT2D eigenvalue weighted by Gasteiger charge is 2.22. The highest BCUT2D eigenvalue weighted by Crippen LogP contribution is 2.12. The molecule has 118 valence electrons. The third-order valence-corrected chi connectivity index (χ3v) is 3.01. The molecule has 0 aromatic heterocycles. The first-order valence-corrected chi connectivity index (χ1v) is 7.07. The van der Waals surface area contributed by atoms with E-state index in [4.69, 9.17) is 5.26 Å². The smallest absolute Gasteiger partial charge is 0.407 e. The predicted molar refractivity (Wildman–Crippen MR) is 83.2 cm³/mol. The molecule has 1 unspecified atom stereocenters. The molecular weight excluding hydrogens is 282 g/mol. The molecule has 0 aliphatic carbocycles. The van der Waals surface area contributed by atoms with E-state index in [1.165, 1.54) is 7.11 Å². The number of alkyl carbamates (subject to hydrolysis) is 1. The molecule has 0 spiro atoms. The van der Waals surface area contributed by atoms with Crippen LogP contribution in [0.1, 0.15) is 25.8 Å². The van der Waals surface area contributed by atoms with Crippen LogP contribution in [0, 0.1) is 17.2 Å². The van der Waals surface area contributed by atoms with E-state index >= 15 is 0 Å². The van der Waals surface area contributed by atoms with Crippen LogP contribution in [0.2, 0.25) is 0 Å². The lowest BCUT2D eigenvalue weighted by Gasteiger charge is -2.19. The van der Waals surface area contributed by atoms with Gasteiger partial charge < -0.3 is 15.4 Å². The van der Waals surface area contributed by atoms with Crippen LogP contribution in [-0.4, -0.2) is 25.2 Å². The van der Waals surface area contributed by atoms with Crippen molar-refractivity contribution >= 4 is 17.7 Å². The minimum Gasteiger partial charge on any atom is -0.453 e. The molecule has 0 saturated heterocycles. The van der Waals surface area contributed by atoms with Gasteiger partial charge in [0.25, 0.3) is 0 Å². The predicted octanol–water partition coefficient (Wildman–Crippen LogP) is 2.46. The molecule has 2 amide bonds. The van der Waals surface area contributed by atoms with Crippen molar-refractivity contribution in [3.05, 3.63) is 29.8 Å². The van der Waals surface area contributed by atoms with E-state index in [-0.39, 0.29) is 11.8 Å². The zero-order valence-electron chi connectivity index (χ0n) is 13.1. The largest absolute Gasteiger partial charge is 0.453 e. The van der Waals surface area contributed by atoms with Gasteiger partial charge >= 0.3 is 6.09 Å². The van der Waals surface area contributed by atoms with Gasteiger partial charge in [0, 0.05) is 5.69 Å². The minimum atomic E-state index is -0.661. The maximum atomic E-state index is 12.3. The average Bonchev–Trinajstić information content (AvgIpc) is 2.48. The summed E-state index contributed by atoms with van der Waals surface area (Å²) in [6.07, 6.45) is 0.201. The summed E-state index contributed by atoms with van der Waals surface area (Å²) in [5, 5.41) is 13.9. The maximum Gasteiger partial charge on any atom is 0.407 e. The Morgan fingerprint density at radius 2 is 1.91 bits per heavy atom. The van der Waals surface area contributed by atoms with Crippen molar-refractivity contribution in [3.63, 3.8) is 0 Å². The third-order valence-electron chi connectivity index (χ3n) is 3.01. The Balaban J connectivity index is 2.72. The summed E-state index contributed by atoms with van der Waals surface area (Å²) in [7, 11) is 1.26. The number of nitrogens with one attached hydrogen (secondary N) is 2. The van der Waals surface area contributed by atoms with Gasteiger partial charge in [0.2, 0.25) is 5.91 Å². The number of hydrogen-bond donors (Lipinski definition) is 2. The molecule has 1 aromatic carbocycles. The van der Waals surface area contributed by atoms with Gasteiger partial charge in [0.05, 0.1) is 19.6 Å². The second kappa shape index (κ2) is 8.67. The maximum absolute atomic E-state index is 12.3. The summed E-state index contributed by atoms with van der Waals surface area (Å²) in [4.78, 5) is 23.6. The molecule has 0 bridgehead atoms. The van der Waals surface area contributed by atoms with Crippen LogP contribution >= 0.6 is 0 Å². The number of benzene rings is 1. The molecular formula is C16H21N3O3. The Labute approximate surface area is 130 Å². The van der Waals surface area contributed by atoms with Crippen LogP contribution in [-0.2, 0) is 16.0 Å². The fourth-order valence-electron chi connectivity index (χ4n) is 1.93. The van der Waals surface area contributed by atoms with Crippen LogP contribution < -0.4 is 10.6 Å². The zero-order valence-corrected chi connectivity index (χ0v) is 13.1. The number of nitriles is 1. The molecule has 6 nitrogen and oxygen atoms in total. The van der Waals surface area contributed by atoms with Crippen molar-refractivity contribution in [2.75, 3.05) is 12.4 Å². The number of carbonyl (C=O) groups is 2. The summed E-state index contributed by atoms with van der Waals surface area (Å²) in [5.41, 5.74) is 1.50. The lowest BCUT2D eigenvalue weighted by Crippen LogP contribution is -2.44. The Bertz CT molecular complexity index is 547. The standard InChI is InChI=1S/C16H21N3O3/c1-11(2)10-14(19-16(21)22-3)15(20)18-13-6-4-12(5-7-13)8-9-17/h4-7,11,14H,8,10H2,1-3H3,(H,18,20)(H,19,21). The van der Waals surface area contributed by atoms with Crippen LogP contribution in [0.15, 0.2) is 24.3 Å². The van der Waals surface area contributed by atoms with Crippen LogP contribution in [0.3, 0.4) is 0 Å². The van der Waals surface area contributed by atoms with E-state index in [0.29, 0.717) is 18.5 Å². The third kappa shape index (κ3) is 5.83. The Hall–Kier alpha value is -2.55. The molecule has 0 fully saturated rings. The van der Waals surface area contributed by atoms with E-state index in [9.17, 15) is 9.59 Å². The normalized spacial score (nSPS) is 11.4. The molecule has 22 heavy (non-hydrogen) atoms. The number of rotatable bonds is 6. The van der Waals surface area contributed by atoms with Gasteiger partial charge in [-0.1, -0.05) is 26.0 Å². The Morgan fingerprint density at radius 3 is 2.41 bits per heavy atom. The number of anilines is 1. The lowest BCUT2D eigenvalue weighted by molar-refractivity contribution is -0.118. The average molecular weight is 303 g/mol. The van der Waals surface area contributed by atoms with Crippen molar-refractivity contribution in [1.29, 1.82) is 5.26 Å². The molecule has 0 aliphatic rings.